The van der Waals surface area contributed by atoms with Crippen molar-refractivity contribution in [3.63, 3.8) is 0 Å². The van der Waals surface area contributed by atoms with Crippen LogP contribution in [0.5, 0.6) is 0 Å². The number of hydrogen-bond donors (Lipinski definition) is 0. The SMILES string of the molecule is C=CC(=O)N1CCC[C@@H](CCC)C1. The molecule has 74 valence electrons. The fourth-order valence-electron chi connectivity index (χ4n) is 2.04. The first-order valence-corrected chi connectivity index (χ1v) is 5.19. The van der Waals surface area contributed by atoms with E-state index in [2.05, 4.69) is 13.5 Å². The van der Waals surface area contributed by atoms with E-state index in [-0.39, 0.29) is 5.91 Å². The third-order valence-electron chi connectivity index (χ3n) is 2.70. The van der Waals surface area contributed by atoms with Crippen LogP contribution < -0.4 is 0 Å². The molecule has 1 amide bonds. The molecule has 1 atom stereocenters. The van der Waals surface area contributed by atoms with Crippen LogP contribution in [0.25, 0.3) is 0 Å². The van der Waals surface area contributed by atoms with Crippen molar-refractivity contribution in [1.82, 2.24) is 4.90 Å². The Morgan fingerprint density at radius 1 is 1.69 bits per heavy atom. The lowest BCUT2D eigenvalue weighted by Crippen LogP contribution is -2.38. The number of carbonyl (C=O) groups is 1. The molecule has 0 aromatic heterocycles. The summed E-state index contributed by atoms with van der Waals surface area (Å²) in [6.45, 7) is 7.58. The number of hydrogen-bond acceptors (Lipinski definition) is 1. The van der Waals surface area contributed by atoms with Crippen LogP contribution in [0.1, 0.15) is 32.6 Å². The van der Waals surface area contributed by atoms with E-state index in [1.807, 2.05) is 4.90 Å². The van der Waals surface area contributed by atoms with Crippen LogP contribution in [0.3, 0.4) is 0 Å². The van der Waals surface area contributed by atoms with Crippen LogP contribution in [-0.4, -0.2) is 23.9 Å². The summed E-state index contributed by atoms with van der Waals surface area (Å²) in [7, 11) is 0. The molecule has 0 aliphatic carbocycles. The summed E-state index contributed by atoms with van der Waals surface area (Å²) >= 11 is 0. The fraction of sp³-hybridized carbons (Fsp3) is 0.727. The highest BCUT2D eigenvalue weighted by Gasteiger charge is 2.20. The molecule has 1 heterocycles. The van der Waals surface area contributed by atoms with Gasteiger partial charge in [0.15, 0.2) is 0 Å². The molecular formula is C11H19NO. The molecule has 0 aromatic carbocycles. The van der Waals surface area contributed by atoms with E-state index in [9.17, 15) is 4.79 Å². The first-order valence-electron chi connectivity index (χ1n) is 5.19. The minimum absolute atomic E-state index is 0.0980. The van der Waals surface area contributed by atoms with Crippen molar-refractivity contribution in [3.05, 3.63) is 12.7 Å². The van der Waals surface area contributed by atoms with Gasteiger partial charge < -0.3 is 4.90 Å². The maximum atomic E-state index is 11.3. The zero-order valence-corrected chi connectivity index (χ0v) is 8.46. The normalized spacial score (nSPS) is 22.8. The van der Waals surface area contributed by atoms with Crippen LogP contribution >= 0.6 is 0 Å². The van der Waals surface area contributed by atoms with Gasteiger partial charge in [-0.1, -0.05) is 19.9 Å². The molecule has 13 heavy (non-hydrogen) atoms. The van der Waals surface area contributed by atoms with Gasteiger partial charge in [-0.15, -0.1) is 0 Å². The summed E-state index contributed by atoms with van der Waals surface area (Å²) in [4.78, 5) is 13.3. The minimum atomic E-state index is 0.0980. The Hall–Kier alpha value is -0.790. The predicted octanol–water partition coefficient (Wildman–Crippen LogP) is 2.21. The molecule has 0 aromatic rings. The van der Waals surface area contributed by atoms with Gasteiger partial charge in [-0.2, -0.15) is 0 Å². The van der Waals surface area contributed by atoms with Crippen LogP contribution in [0.2, 0.25) is 0 Å². The fourth-order valence-corrected chi connectivity index (χ4v) is 2.04. The van der Waals surface area contributed by atoms with E-state index in [1.165, 1.54) is 25.3 Å². The summed E-state index contributed by atoms with van der Waals surface area (Å²) in [5.74, 6) is 0.823. The van der Waals surface area contributed by atoms with Gasteiger partial charge in [-0.05, 0) is 31.3 Å². The highest BCUT2D eigenvalue weighted by atomic mass is 16.2. The van der Waals surface area contributed by atoms with Crippen molar-refractivity contribution in [2.45, 2.75) is 32.6 Å². The third kappa shape index (κ3) is 2.87. The maximum Gasteiger partial charge on any atom is 0.245 e. The number of rotatable bonds is 3. The minimum Gasteiger partial charge on any atom is -0.339 e. The van der Waals surface area contributed by atoms with Gasteiger partial charge in [0.25, 0.3) is 0 Å². The maximum absolute atomic E-state index is 11.3. The summed E-state index contributed by atoms with van der Waals surface area (Å²) < 4.78 is 0. The standard InChI is InChI=1S/C11H19NO/c1-3-6-10-7-5-8-12(9-10)11(13)4-2/h4,10H,2-3,5-9H2,1H3/t10-/m1/s1. The van der Waals surface area contributed by atoms with E-state index < -0.39 is 0 Å². The number of piperidine rings is 1. The van der Waals surface area contributed by atoms with E-state index in [0.29, 0.717) is 0 Å². The van der Waals surface area contributed by atoms with Crippen molar-refractivity contribution in [1.29, 1.82) is 0 Å². The summed E-state index contributed by atoms with van der Waals surface area (Å²) in [5.41, 5.74) is 0. The smallest absolute Gasteiger partial charge is 0.245 e. The average molecular weight is 181 g/mol. The van der Waals surface area contributed by atoms with Crippen LogP contribution in [0.4, 0.5) is 0 Å². The quantitative estimate of drug-likeness (QED) is 0.611. The number of amides is 1. The van der Waals surface area contributed by atoms with E-state index in [4.69, 9.17) is 0 Å². The molecule has 2 nitrogen and oxygen atoms in total. The van der Waals surface area contributed by atoms with Gasteiger partial charge in [-0.3, -0.25) is 4.79 Å². The molecule has 0 unspecified atom stereocenters. The Bertz CT molecular complexity index is 187. The molecule has 1 saturated heterocycles. The zero-order valence-electron chi connectivity index (χ0n) is 8.46. The van der Waals surface area contributed by atoms with Crippen LogP contribution in [0, 0.1) is 5.92 Å². The first kappa shape index (κ1) is 10.3. The van der Waals surface area contributed by atoms with Crippen molar-refractivity contribution >= 4 is 5.91 Å². The Morgan fingerprint density at radius 2 is 2.46 bits per heavy atom. The monoisotopic (exact) mass is 181 g/mol. The van der Waals surface area contributed by atoms with E-state index >= 15 is 0 Å². The highest BCUT2D eigenvalue weighted by Crippen LogP contribution is 2.20. The molecule has 2 heteroatoms. The number of carbonyl (C=O) groups excluding carboxylic acids is 1. The Morgan fingerprint density at radius 3 is 3.08 bits per heavy atom. The van der Waals surface area contributed by atoms with Gasteiger partial charge in [0.2, 0.25) is 5.91 Å². The van der Waals surface area contributed by atoms with Crippen molar-refractivity contribution in [2.24, 2.45) is 5.92 Å². The third-order valence-corrected chi connectivity index (χ3v) is 2.70. The second-order valence-corrected chi connectivity index (χ2v) is 3.79. The van der Waals surface area contributed by atoms with Gasteiger partial charge in [0.1, 0.15) is 0 Å². The lowest BCUT2D eigenvalue weighted by atomic mass is 9.94. The topological polar surface area (TPSA) is 20.3 Å². The second-order valence-electron chi connectivity index (χ2n) is 3.79. The lowest BCUT2D eigenvalue weighted by molar-refractivity contribution is -0.127. The molecule has 0 saturated carbocycles. The molecule has 1 fully saturated rings. The highest BCUT2D eigenvalue weighted by molar-refractivity contribution is 5.87. The van der Waals surface area contributed by atoms with E-state index in [0.717, 1.165) is 25.4 Å². The Balaban J connectivity index is 2.41. The van der Waals surface area contributed by atoms with Gasteiger partial charge in [0, 0.05) is 13.1 Å². The summed E-state index contributed by atoms with van der Waals surface area (Å²) in [6, 6.07) is 0. The Labute approximate surface area is 80.6 Å². The Kier molecular flexibility index (Phi) is 4.00. The van der Waals surface area contributed by atoms with Crippen molar-refractivity contribution < 1.29 is 4.79 Å². The molecular weight excluding hydrogens is 162 g/mol. The molecule has 0 spiro atoms. The zero-order chi connectivity index (χ0) is 9.68. The van der Waals surface area contributed by atoms with Crippen molar-refractivity contribution in [3.8, 4) is 0 Å². The van der Waals surface area contributed by atoms with Crippen molar-refractivity contribution in [2.75, 3.05) is 13.1 Å². The predicted molar refractivity (Wildman–Crippen MR) is 54.4 cm³/mol. The molecule has 0 N–H and O–H groups in total. The average Bonchev–Trinajstić information content (AvgIpc) is 2.18. The first-order chi connectivity index (χ1) is 6.27. The van der Waals surface area contributed by atoms with Gasteiger partial charge >= 0.3 is 0 Å². The van der Waals surface area contributed by atoms with Crippen LogP contribution in [-0.2, 0) is 4.79 Å². The molecule has 0 bridgehead atoms. The lowest BCUT2D eigenvalue weighted by Gasteiger charge is -2.31. The van der Waals surface area contributed by atoms with E-state index in [1.54, 1.807) is 0 Å². The molecule has 0 radical (unpaired) electrons. The van der Waals surface area contributed by atoms with Crippen LogP contribution in [0.15, 0.2) is 12.7 Å². The molecule has 1 aliphatic heterocycles. The molecule has 1 aliphatic rings. The number of nitrogens with zero attached hydrogens (tertiary/aromatic N) is 1. The number of likely N-dealkylation sites (tertiary alicyclic amines) is 1. The van der Waals surface area contributed by atoms with Gasteiger partial charge in [0.05, 0.1) is 0 Å². The molecule has 1 rings (SSSR count). The second kappa shape index (κ2) is 5.05. The largest absolute Gasteiger partial charge is 0.339 e. The summed E-state index contributed by atoms with van der Waals surface area (Å²) in [5, 5.41) is 0. The van der Waals surface area contributed by atoms with Gasteiger partial charge in [-0.25, -0.2) is 0 Å². The summed E-state index contributed by atoms with van der Waals surface area (Å²) in [6.07, 6.45) is 6.34.